The molecule has 0 N–H and O–H groups in total. The maximum absolute atomic E-state index is 2.95. The molecule has 0 bridgehead atoms. The van der Waals surface area contributed by atoms with Gasteiger partial charge in [0.25, 0.3) is 0 Å². The molecule has 6 rings (SSSR count). The number of benzene rings is 4. The van der Waals surface area contributed by atoms with Gasteiger partial charge in [-0.25, -0.2) is 0 Å². The van der Waals surface area contributed by atoms with Crippen LogP contribution in [0.5, 0.6) is 0 Å². The average Bonchev–Trinajstić information content (AvgIpc) is 3.00. The summed E-state index contributed by atoms with van der Waals surface area (Å²) in [7, 11) is -1.13. The Balaban J connectivity index is 1.41. The molecule has 0 unspecified atom stereocenters. The van der Waals surface area contributed by atoms with Crippen molar-refractivity contribution in [2.24, 2.45) is 0 Å². The molecule has 2 saturated heterocycles. The minimum atomic E-state index is -0.566. The monoisotopic (exact) mass is 536 g/mol. The van der Waals surface area contributed by atoms with Gasteiger partial charge in [0, 0.05) is 41.3 Å². The van der Waals surface area contributed by atoms with Crippen LogP contribution in [-0.2, 0) is 0 Å². The van der Waals surface area contributed by atoms with E-state index in [4.69, 9.17) is 0 Å². The van der Waals surface area contributed by atoms with Crippen LogP contribution in [0.2, 0.25) is 0 Å². The van der Waals surface area contributed by atoms with Crippen LogP contribution in [-0.4, -0.2) is 34.5 Å². The number of hydrogen-bond acceptors (Lipinski definition) is 2. The molecule has 194 valence electrons. The van der Waals surface area contributed by atoms with Crippen molar-refractivity contribution in [3.63, 3.8) is 0 Å². The van der Waals surface area contributed by atoms with Gasteiger partial charge >= 0.3 is 0 Å². The van der Waals surface area contributed by atoms with Crippen molar-refractivity contribution in [1.82, 2.24) is 9.34 Å². The molecule has 2 aliphatic rings. The summed E-state index contributed by atoms with van der Waals surface area (Å²) in [6.07, 6.45) is 7.88. The van der Waals surface area contributed by atoms with Gasteiger partial charge in [-0.2, -0.15) is 0 Å². The minimum absolute atomic E-state index is 0.566. The third-order valence-corrected chi connectivity index (χ3v) is 13.2. The summed E-state index contributed by atoms with van der Waals surface area (Å²) in [5, 5.41) is 5.93. The van der Waals surface area contributed by atoms with Crippen LogP contribution in [0.1, 0.15) is 38.5 Å². The number of rotatable bonds is 7. The van der Waals surface area contributed by atoms with Crippen LogP contribution < -0.4 is 21.2 Å². The van der Waals surface area contributed by atoms with Gasteiger partial charge < -0.3 is 0 Å². The lowest BCUT2D eigenvalue weighted by molar-refractivity contribution is 0.136. The molecule has 38 heavy (non-hydrogen) atoms. The largest absolute Gasteiger partial charge is 0.270 e. The molecule has 2 atom stereocenters. The lowest BCUT2D eigenvalue weighted by Gasteiger charge is -2.51. The molecule has 4 aromatic rings. The zero-order valence-corrected chi connectivity index (χ0v) is 23.9. The predicted molar refractivity (Wildman–Crippen MR) is 167 cm³/mol. The molecular weight excluding hydrogens is 498 g/mol. The molecular formula is C34H38N2P2. The molecule has 0 radical (unpaired) electrons. The zero-order valence-electron chi connectivity index (χ0n) is 22.1. The van der Waals surface area contributed by atoms with E-state index in [-0.39, 0.29) is 0 Å². The fourth-order valence-corrected chi connectivity index (χ4v) is 11.7. The maximum atomic E-state index is 2.95. The Morgan fingerprint density at radius 2 is 0.684 bits per heavy atom. The van der Waals surface area contributed by atoms with Crippen LogP contribution >= 0.6 is 16.1 Å². The maximum Gasteiger partial charge on any atom is 0.0299 e. The average molecular weight is 537 g/mol. The highest BCUT2D eigenvalue weighted by molar-refractivity contribution is 7.71. The molecule has 4 heteroatoms. The Kier molecular flexibility index (Phi) is 8.64. The highest BCUT2D eigenvalue weighted by Gasteiger charge is 2.41. The van der Waals surface area contributed by atoms with E-state index in [0.717, 1.165) is 0 Å². The van der Waals surface area contributed by atoms with Crippen molar-refractivity contribution in [2.75, 3.05) is 13.1 Å². The summed E-state index contributed by atoms with van der Waals surface area (Å²) in [5.41, 5.74) is 0. The lowest BCUT2D eigenvalue weighted by atomic mass is 9.92. The zero-order chi connectivity index (χ0) is 25.6. The van der Waals surface area contributed by atoms with Gasteiger partial charge in [0.1, 0.15) is 0 Å². The second-order valence-corrected chi connectivity index (χ2v) is 14.8. The molecule has 2 fully saturated rings. The second kappa shape index (κ2) is 12.7. The summed E-state index contributed by atoms with van der Waals surface area (Å²) in [6, 6.07) is 46.5. The summed E-state index contributed by atoms with van der Waals surface area (Å²) in [4.78, 5) is 0. The molecule has 2 nitrogen and oxygen atoms in total. The summed E-state index contributed by atoms with van der Waals surface area (Å²) >= 11 is 0. The summed E-state index contributed by atoms with van der Waals surface area (Å²) in [5.74, 6) is 0. The van der Waals surface area contributed by atoms with E-state index in [9.17, 15) is 0 Å². The van der Waals surface area contributed by atoms with Crippen LogP contribution in [0.25, 0.3) is 0 Å². The third kappa shape index (κ3) is 5.66. The summed E-state index contributed by atoms with van der Waals surface area (Å²) < 4.78 is 5.91. The third-order valence-electron chi connectivity index (χ3n) is 8.00. The summed E-state index contributed by atoms with van der Waals surface area (Å²) in [6.45, 7) is 2.39. The van der Waals surface area contributed by atoms with Crippen LogP contribution in [0.4, 0.5) is 0 Å². The minimum Gasteiger partial charge on any atom is -0.270 e. The van der Waals surface area contributed by atoms with Crippen molar-refractivity contribution in [2.45, 2.75) is 50.6 Å². The topological polar surface area (TPSA) is 6.48 Å². The number of piperidine rings is 2. The van der Waals surface area contributed by atoms with Crippen molar-refractivity contribution >= 4 is 37.4 Å². The van der Waals surface area contributed by atoms with Crippen LogP contribution in [0.3, 0.4) is 0 Å². The molecule has 2 aliphatic heterocycles. The molecule has 4 aromatic carbocycles. The van der Waals surface area contributed by atoms with E-state index in [0.29, 0.717) is 12.1 Å². The standard InChI is InChI=1S/C34H38N2P2/c1-5-17-29(18-6-1)37(30-19-7-2-8-20-30)35-27-15-13-25-33(35)34-26-14-16-28-36(34)38(31-21-9-3-10-22-31)32-23-11-4-12-24-32/h1-12,17-24,33-34H,13-16,25-28H2/t33-,34-/m1/s1. The SMILES string of the molecule is c1ccc(P(c2ccccc2)N2CCCC[C@@H]2[C@H]2CCCCN2P(c2ccccc2)c2ccccc2)cc1. The van der Waals surface area contributed by atoms with E-state index < -0.39 is 16.1 Å². The van der Waals surface area contributed by atoms with Crippen LogP contribution in [0, 0.1) is 0 Å². The molecule has 0 saturated carbocycles. The Bertz CT molecular complexity index is 1070. The molecule has 0 aromatic heterocycles. The first kappa shape index (κ1) is 25.9. The van der Waals surface area contributed by atoms with Gasteiger partial charge in [-0.3, -0.25) is 9.34 Å². The predicted octanol–water partition coefficient (Wildman–Crippen LogP) is 6.79. The first-order valence-corrected chi connectivity index (χ1v) is 16.8. The number of hydrogen-bond donors (Lipinski definition) is 0. The fourth-order valence-electron chi connectivity index (χ4n) is 6.33. The van der Waals surface area contributed by atoms with Crippen molar-refractivity contribution in [3.05, 3.63) is 121 Å². The quantitative estimate of drug-likeness (QED) is 0.240. The lowest BCUT2D eigenvalue weighted by Crippen LogP contribution is -2.54. The van der Waals surface area contributed by atoms with E-state index in [2.05, 4.69) is 131 Å². The Hall–Kier alpha value is -2.34. The van der Waals surface area contributed by atoms with Gasteiger partial charge in [-0.15, -0.1) is 0 Å². The first-order chi connectivity index (χ1) is 18.9. The van der Waals surface area contributed by atoms with Gasteiger partial charge in [0.05, 0.1) is 0 Å². The smallest absolute Gasteiger partial charge is 0.0299 e. The van der Waals surface area contributed by atoms with Crippen molar-refractivity contribution < 1.29 is 0 Å². The normalized spacial score (nSPS) is 21.1. The van der Waals surface area contributed by atoms with Gasteiger partial charge in [-0.1, -0.05) is 134 Å². The fraction of sp³-hybridized carbons (Fsp3) is 0.294. The van der Waals surface area contributed by atoms with Gasteiger partial charge in [0.15, 0.2) is 0 Å². The molecule has 0 spiro atoms. The Labute approximate surface area is 231 Å². The van der Waals surface area contributed by atoms with E-state index in [1.165, 1.54) is 72.8 Å². The highest BCUT2D eigenvalue weighted by Crippen LogP contribution is 2.50. The van der Waals surface area contributed by atoms with Crippen LogP contribution in [0.15, 0.2) is 121 Å². The highest BCUT2D eigenvalue weighted by atomic mass is 31.1. The Morgan fingerprint density at radius 3 is 0.974 bits per heavy atom. The van der Waals surface area contributed by atoms with Gasteiger partial charge in [0.2, 0.25) is 0 Å². The van der Waals surface area contributed by atoms with Crippen molar-refractivity contribution in [1.29, 1.82) is 0 Å². The van der Waals surface area contributed by atoms with E-state index >= 15 is 0 Å². The molecule has 0 aliphatic carbocycles. The molecule has 0 amide bonds. The van der Waals surface area contributed by atoms with E-state index in [1.807, 2.05) is 0 Å². The first-order valence-electron chi connectivity index (χ1n) is 14.2. The van der Waals surface area contributed by atoms with Gasteiger partial charge in [-0.05, 0) is 46.9 Å². The Morgan fingerprint density at radius 1 is 0.395 bits per heavy atom. The van der Waals surface area contributed by atoms with Crippen molar-refractivity contribution in [3.8, 4) is 0 Å². The number of nitrogens with zero attached hydrogens (tertiary/aromatic N) is 2. The molecule has 2 heterocycles. The van der Waals surface area contributed by atoms with E-state index in [1.54, 1.807) is 0 Å². The second-order valence-electron chi connectivity index (χ2n) is 10.4.